The van der Waals surface area contributed by atoms with Crippen molar-refractivity contribution in [2.75, 3.05) is 6.54 Å². The first-order chi connectivity index (χ1) is 12.6. The number of benzene rings is 1. The summed E-state index contributed by atoms with van der Waals surface area (Å²) in [6.45, 7) is 10.4. The van der Waals surface area contributed by atoms with Crippen molar-refractivity contribution < 1.29 is 9.53 Å². The van der Waals surface area contributed by atoms with Crippen LogP contribution in [0.1, 0.15) is 53.5 Å². The molecule has 0 saturated carbocycles. The van der Waals surface area contributed by atoms with Crippen molar-refractivity contribution in [3.05, 3.63) is 61.5 Å². The molecule has 0 saturated heterocycles. The highest BCUT2D eigenvalue weighted by molar-refractivity contribution is 6.35. The molecular weight excluding hydrogens is 364 g/mol. The molecule has 0 atom stereocenters. The highest BCUT2D eigenvalue weighted by Crippen LogP contribution is 2.36. The molecule has 1 aliphatic rings. The van der Waals surface area contributed by atoms with Crippen molar-refractivity contribution >= 4 is 17.5 Å². The Balaban J connectivity index is 1.94. The van der Waals surface area contributed by atoms with Gasteiger partial charge in [-0.1, -0.05) is 17.7 Å². The van der Waals surface area contributed by atoms with Crippen LogP contribution in [-0.4, -0.2) is 27.9 Å². The quantitative estimate of drug-likeness (QED) is 0.863. The average Bonchev–Trinajstić information content (AvgIpc) is 2.54. The molecule has 0 aliphatic carbocycles. The summed E-state index contributed by atoms with van der Waals surface area (Å²) < 4.78 is 5.89. The molecule has 144 valence electrons. The first-order valence-corrected chi connectivity index (χ1v) is 9.43. The van der Waals surface area contributed by atoms with Crippen LogP contribution in [0.4, 0.5) is 0 Å². The third-order valence-corrected chi connectivity index (χ3v) is 4.98. The Labute approximate surface area is 164 Å². The number of carbonyl (C=O) groups excluding carboxylic acids is 1. The van der Waals surface area contributed by atoms with Gasteiger partial charge in [0.1, 0.15) is 11.4 Å². The van der Waals surface area contributed by atoms with Gasteiger partial charge in [-0.3, -0.25) is 9.59 Å². The first-order valence-electron chi connectivity index (χ1n) is 9.06. The SMILES string of the molecule is Cc1cc(C)c(CN2CCc3ccc(OC(C)(C)C)c(Cl)c3C2=O)c(=O)[nH]1. The molecule has 5 nitrogen and oxygen atoms in total. The van der Waals surface area contributed by atoms with Gasteiger partial charge in [0.15, 0.2) is 0 Å². The van der Waals surface area contributed by atoms with E-state index in [2.05, 4.69) is 4.98 Å². The maximum Gasteiger partial charge on any atom is 0.256 e. The van der Waals surface area contributed by atoms with Crippen LogP contribution in [0.25, 0.3) is 0 Å². The lowest BCUT2D eigenvalue weighted by molar-refractivity contribution is 0.0723. The fourth-order valence-electron chi connectivity index (χ4n) is 3.38. The molecule has 0 radical (unpaired) electrons. The third-order valence-electron chi connectivity index (χ3n) is 4.60. The van der Waals surface area contributed by atoms with E-state index in [4.69, 9.17) is 16.3 Å². The predicted octanol–water partition coefficient (Wildman–Crippen LogP) is 4.02. The van der Waals surface area contributed by atoms with Gasteiger partial charge in [0.05, 0.1) is 17.1 Å². The second kappa shape index (κ2) is 7.04. The van der Waals surface area contributed by atoms with E-state index in [1.165, 1.54) is 0 Å². The van der Waals surface area contributed by atoms with Crippen molar-refractivity contribution in [2.24, 2.45) is 0 Å². The van der Waals surface area contributed by atoms with E-state index in [9.17, 15) is 9.59 Å². The number of ether oxygens (including phenoxy) is 1. The molecule has 1 aromatic carbocycles. The van der Waals surface area contributed by atoms with Crippen LogP contribution in [-0.2, 0) is 13.0 Å². The standard InChI is InChI=1S/C21H25ClN2O3/c1-12-10-13(2)23-19(25)15(12)11-24-9-8-14-6-7-16(27-21(3,4)5)18(22)17(14)20(24)26/h6-7,10H,8-9,11H2,1-5H3,(H,23,25). The highest BCUT2D eigenvalue weighted by atomic mass is 35.5. The van der Waals surface area contributed by atoms with Gasteiger partial charge in [0.2, 0.25) is 0 Å². The Hall–Kier alpha value is -2.27. The number of amides is 1. The second-order valence-electron chi connectivity index (χ2n) is 8.05. The number of aromatic nitrogens is 1. The number of hydrogen-bond acceptors (Lipinski definition) is 3. The molecule has 0 bridgehead atoms. The zero-order valence-corrected chi connectivity index (χ0v) is 17.2. The Kier molecular flexibility index (Phi) is 5.08. The van der Waals surface area contributed by atoms with Gasteiger partial charge >= 0.3 is 0 Å². The number of halogens is 1. The molecule has 1 aliphatic heterocycles. The number of nitrogens with one attached hydrogen (secondary N) is 1. The topological polar surface area (TPSA) is 62.4 Å². The van der Waals surface area contributed by atoms with E-state index in [0.717, 1.165) is 16.8 Å². The van der Waals surface area contributed by atoms with Gasteiger partial charge < -0.3 is 14.6 Å². The summed E-state index contributed by atoms with van der Waals surface area (Å²) in [5, 5.41) is 0.340. The van der Waals surface area contributed by atoms with Crippen LogP contribution in [0.5, 0.6) is 5.75 Å². The van der Waals surface area contributed by atoms with Crippen LogP contribution in [0, 0.1) is 13.8 Å². The maximum atomic E-state index is 13.1. The van der Waals surface area contributed by atoms with E-state index in [1.807, 2.05) is 52.8 Å². The zero-order chi connectivity index (χ0) is 19.9. The number of nitrogens with zero attached hydrogens (tertiary/aromatic N) is 1. The van der Waals surface area contributed by atoms with Crippen LogP contribution in [0.15, 0.2) is 23.0 Å². The molecule has 6 heteroatoms. The Morgan fingerprint density at radius 2 is 1.93 bits per heavy atom. The van der Waals surface area contributed by atoms with Gasteiger partial charge in [0, 0.05) is 17.8 Å². The molecule has 1 amide bonds. The summed E-state index contributed by atoms with van der Waals surface area (Å²) >= 11 is 6.54. The molecule has 2 aromatic rings. The minimum atomic E-state index is -0.415. The van der Waals surface area contributed by atoms with Crippen molar-refractivity contribution in [2.45, 2.75) is 53.2 Å². The van der Waals surface area contributed by atoms with E-state index in [1.54, 1.807) is 4.90 Å². The summed E-state index contributed by atoms with van der Waals surface area (Å²) in [6, 6.07) is 5.65. The van der Waals surface area contributed by atoms with Crippen molar-refractivity contribution in [3.8, 4) is 5.75 Å². The van der Waals surface area contributed by atoms with E-state index in [0.29, 0.717) is 34.9 Å². The van der Waals surface area contributed by atoms with Crippen molar-refractivity contribution in [1.82, 2.24) is 9.88 Å². The molecule has 2 heterocycles. The second-order valence-corrected chi connectivity index (χ2v) is 8.42. The number of fused-ring (bicyclic) bond motifs is 1. The zero-order valence-electron chi connectivity index (χ0n) is 16.4. The third kappa shape index (κ3) is 4.03. The monoisotopic (exact) mass is 388 g/mol. The van der Waals surface area contributed by atoms with Crippen LogP contribution >= 0.6 is 11.6 Å². The van der Waals surface area contributed by atoms with E-state index >= 15 is 0 Å². The van der Waals surface area contributed by atoms with Crippen molar-refractivity contribution in [1.29, 1.82) is 0 Å². The van der Waals surface area contributed by atoms with Crippen LogP contribution in [0.2, 0.25) is 5.02 Å². The van der Waals surface area contributed by atoms with Gasteiger partial charge in [-0.25, -0.2) is 0 Å². The lowest BCUT2D eigenvalue weighted by Crippen LogP contribution is -2.39. The summed E-state index contributed by atoms with van der Waals surface area (Å²) in [5.41, 5.74) is 3.12. The molecular formula is C21H25ClN2O3. The van der Waals surface area contributed by atoms with Crippen LogP contribution in [0.3, 0.4) is 0 Å². The summed E-state index contributed by atoms with van der Waals surface area (Å²) in [4.78, 5) is 29.9. The Morgan fingerprint density at radius 3 is 2.56 bits per heavy atom. The lowest BCUT2D eigenvalue weighted by atomic mass is 9.97. The Morgan fingerprint density at radius 1 is 1.22 bits per heavy atom. The molecule has 1 N–H and O–H groups in total. The summed E-state index contributed by atoms with van der Waals surface area (Å²) in [7, 11) is 0. The molecule has 1 aromatic heterocycles. The molecule has 0 fully saturated rings. The van der Waals surface area contributed by atoms with Gasteiger partial charge in [-0.05, 0) is 64.3 Å². The molecule has 0 unspecified atom stereocenters. The van der Waals surface area contributed by atoms with E-state index in [-0.39, 0.29) is 18.0 Å². The normalized spacial score (nSPS) is 14.3. The number of carbonyl (C=O) groups is 1. The number of H-pyrrole nitrogens is 1. The summed E-state index contributed by atoms with van der Waals surface area (Å²) in [6.07, 6.45) is 0.694. The minimum absolute atomic E-state index is 0.151. The maximum absolute atomic E-state index is 13.1. The van der Waals surface area contributed by atoms with Gasteiger partial charge in [0.25, 0.3) is 11.5 Å². The highest BCUT2D eigenvalue weighted by Gasteiger charge is 2.30. The van der Waals surface area contributed by atoms with Gasteiger partial charge in [-0.2, -0.15) is 0 Å². The number of rotatable bonds is 3. The number of pyridine rings is 1. The van der Waals surface area contributed by atoms with Crippen LogP contribution < -0.4 is 10.3 Å². The fraction of sp³-hybridized carbons (Fsp3) is 0.429. The predicted molar refractivity (Wildman–Crippen MR) is 107 cm³/mol. The minimum Gasteiger partial charge on any atom is -0.487 e. The number of aryl methyl sites for hydroxylation is 2. The average molecular weight is 389 g/mol. The smallest absolute Gasteiger partial charge is 0.256 e. The number of hydrogen-bond donors (Lipinski definition) is 1. The Bertz CT molecular complexity index is 957. The summed E-state index contributed by atoms with van der Waals surface area (Å²) in [5.74, 6) is 0.336. The van der Waals surface area contributed by atoms with Gasteiger partial charge in [-0.15, -0.1) is 0 Å². The molecule has 3 rings (SSSR count). The molecule has 27 heavy (non-hydrogen) atoms. The van der Waals surface area contributed by atoms with E-state index < -0.39 is 5.60 Å². The largest absolute Gasteiger partial charge is 0.487 e. The number of aromatic amines is 1. The van der Waals surface area contributed by atoms with Crippen molar-refractivity contribution in [3.63, 3.8) is 0 Å². The fourth-order valence-corrected chi connectivity index (χ4v) is 3.68. The lowest BCUT2D eigenvalue weighted by Gasteiger charge is -2.31. The molecule has 0 spiro atoms. The first kappa shape index (κ1) is 19.5.